The van der Waals surface area contributed by atoms with Crippen molar-refractivity contribution in [1.29, 1.82) is 0 Å². The summed E-state index contributed by atoms with van der Waals surface area (Å²) in [6.07, 6.45) is 0.0260. The molecule has 0 unspecified atom stereocenters. The number of carbonyl (C=O) groups excluding carboxylic acids is 1. The van der Waals surface area contributed by atoms with E-state index in [0.29, 0.717) is 6.42 Å². The van der Waals surface area contributed by atoms with Crippen molar-refractivity contribution in [2.45, 2.75) is 73.2 Å². The van der Waals surface area contributed by atoms with Gasteiger partial charge in [0.2, 0.25) is 0 Å². The van der Waals surface area contributed by atoms with Gasteiger partial charge in [-0.15, -0.1) is 0 Å². The minimum atomic E-state index is -0.339. The van der Waals surface area contributed by atoms with Crippen molar-refractivity contribution in [3.63, 3.8) is 0 Å². The Morgan fingerprint density at radius 1 is 0.848 bits per heavy atom. The third-order valence-corrected chi connectivity index (χ3v) is 6.53. The number of carbonyl (C=O) groups is 1. The smallest absolute Gasteiger partial charge is 0.306 e. The number of esters is 1. The zero-order valence-corrected chi connectivity index (χ0v) is 20.9. The average molecular weight is 444 g/mol. The molecule has 2 atom stereocenters. The average Bonchev–Trinajstić information content (AvgIpc) is 2.80. The summed E-state index contributed by atoms with van der Waals surface area (Å²) in [5, 5.41) is 0. The summed E-state index contributed by atoms with van der Waals surface area (Å²) in [6, 6.07) is 23.1. The predicted octanol–water partition coefficient (Wildman–Crippen LogP) is 7.01. The first kappa shape index (κ1) is 24.7. The zero-order valence-electron chi connectivity index (χ0n) is 20.9. The van der Waals surface area contributed by atoms with E-state index < -0.39 is 0 Å². The van der Waals surface area contributed by atoms with Crippen LogP contribution in [-0.4, -0.2) is 16.9 Å². The highest BCUT2D eigenvalue weighted by Crippen LogP contribution is 2.30. The van der Waals surface area contributed by atoms with Crippen molar-refractivity contribution >= 4 is 5.97 Å². The second kappa shape index (κ2) is 11.3. The quantitative estimate of drug-likeness (QED) is 0.333. The summed E-state index contributed by atoms with van der Waals surface area (Å²) in [5.41, 5.74) is 8.82. The molecular formula is C30H37NO2. The first-order chi connectivity index (χ1) is 15.8. The summed E-state index contributed by atoms with van der Waals surface area (Å²) in [7, 11) is 0. The van der Waals surface area contributed by atoms with Gasteiger partial charge in [0.25, 0.3) is 0 Å². The maximum absolute atomic E-state index is 12.4. The number of nitrogens with zero attached hydrogens (tertiary/aromatic N) is 1. The van der Waals surface area contributed by atoms with Crippen LogP contribution in [0.2, 0.25) is 0 Å². The van der Waals surface area contributed by atoms with Crippen molar-refractivity contribution in [2.75, 3.05) is 0 Å². The van der Waals surface area contributed by atoms with Gasteiger partial charge in [-0.2, -0.15) is 0 Å². The molecule has 0 N–H and O–H groups in total. The van der Waals surface area contributed by atoms with E-state index in [1.165, 1.54) is 33.4 Å². The lowest BCUT2D eigenvalue weighted by Gasteiger charge is -2.36. The molecule has 0 bridgehead atoms. The first-order valence-electron chi connectivity index (χ1n) is 11.9. The number of aryl methyl sites for hydroxylation is 4. The molecule has 0 aromatic heterocycles. The lowest BCUT2D eigenvalue weighted by atomic mass is 9.96. The van der Waals surface area contributed by atoms with Crippen LogP contribution in [0.5, 0.6) is 0 Å². The Bertz CT molecular complexity index is 1050. The van der Waals surface area contributed by atoms with Gasteiger partial charge in [-0.3, -0.25) is 9.69 Å². The Balaban J connectivity index is 2.02. The topological polar surface area (TPSA) is 29.5 Å². The summed E-state index contributed by atoms with van der Waals surface area (Å²) in [4.78, 5) is 14.9. The molecule has 0 fully saturated rings. The monoisotopic (exact) mass is 443 g/mol. The SMILES string of the molecule is CCC(=O)O[C@@H](c1ccccc1)[C@@H](C)N(Cc1ccccc1C)Cc1c(C)cc(C)cc1C. The largest absolute Gasteiger partial charge is 0.456 e. The fourth-order valence-electron chi connectivity index (χ4n) is 4.52. The molecule has 3 rings (SSSR count). The highest BCUT2D eigenvalue weighted by Gasteiger charge is 2.29. The van der Waals surface area contributed by atoms with Gasteiger partial charge in [0, 0.05) is 25.6 Å². The van der Waals surface area contributed by atoms with E-state index in [-0.39, 0.29) is 18.1 Å². The van der Waals surface area contributed by atoms with E-state index in [1.54, 1.807) is 0 Å². The van der Waals surface area contributed by atoms with Crippen molar-refractivity contribution in [3.05, 3.63) is 106 Å². The third-order valence-electron chi connectivity index (χ3n) is 6.53. The highest BCUT2D eigenvalue weighted by molar-refractivity contribution is 5.69. The van der Waals surface area contributed by atoms with Gasteiger partial charge in [0.05, 0.1) is 0 Å². The molecule has 3 aromatic carbocycles. The second-order valence-corrected chi connectivity index (χ2v) is 9.12. The molecule has 0 radical (unpaired) electrons. The van der Waals surface area contributed by atoms with Crippen molar-refractivity contribution in [2.24, 2.45) is 0 Å². The van der Waals surface area contributed by atoms with Crippen molar-refractivity contribution < 1.29 is 9.53 Å². The molecule has 0 spiro atoms. The number of hydrogen-bond donors (Lipinski definition) is 0. The van der Waals surface area contributed by atoms with Gasteiger partial charge >= 0.3 is 5.97 Å². The maximum Gasteiger partial charge on any atom is 0.306 e. The molecule has 0 saturated carbocycles. The maximum atomic E-state index is 12.4. The molecule has 3 heteroatoms. The van der Waals surface area contributed by atoms with E-state index in [9.17, 15) is 4.79 Å². The van der Waals surface area contributed by atoms with Gasteiger partial charge in [-0.1, -0.05) is 79.2 Å². The van der Waals surface area contributed by atoms with Gasteiger partial charge < -0.3 is 4.74 Å². The summed E-state index contributed by atoms with van der Waals surface area (Å²) in [5.74, 6) is -0.172. The number of benzene rings is 3. The van der Waals surface area contributed by atoms with Crippen LogP contribution in [0, 0.1) is 27.7 Å². The van der Waals surface area contributed by atoms with Crippen LogP contribution in [0.1, 0.15) is 65.3 Å². The van der Waals surface area contributed by atoms with E-state index >= 15 is 0 Å². The number of rotatable bonds is 9. The standard InChI is InChI=1S/C30H37NO2/c1-7-29(32)33-30(26-14-9-8-10-15-26)25(6)31(19-27-16-12-11-13-22(27)3)20-28-23(4)17-21(2)18-24(28)5/h8-18,25,30H,7,19-20H2,1-6H3/t25-,30-/m1/s1. The molecule has 0 aliphatic carbocycles. The molecule has 0 aliphatic heterocycles. The Morgan fingerprint density at radius 3 is 2.06 bits per heavy atom. The van der Waals surface area contributed by atoms with Gasteiger partial charge in [-0.05, 0) is 68.0 Å². The minimum Gasteiger partial charge on any atom is -0.456 e. The van der Waals surface area contributed by atoms with Crippen molar-refractivity contribution in [1.82, 2.24) is 4.90 Å². The fourth-order valence-corrected chi connectivity index (χ4v) is 4.52. The molecule has 0 aliphatic rings. The van der Waals surface area contributed by atoms with E-state index in [2.05, 4.69) is 88.0 Å². The predicted molar refractivity (Wildman–Crippen MR) is 136 cm³/mol. The first-order valence-corrected chi connectivity index (χ1v) is 11.9. The second-order valence-electron chi connectivity index (χ2n) is 9.12. The molecule has 0 saturated heterocycles. The normalized spacial score (nSPS) is 13.1. The fraction of sp³-hybridized carbons (Fsp3) is 0.367. The van der Waals surface area contributed by atoms with E-state index in [1.807, 2.05) is 25.1 Å². The van der Waals surface area contributed by atoms with Crippen LogP contribution in [0.15, 0.2) is 66.7 Å². The Kier molecular flexibility index (Phi) is 8.46. The molecule has 33 heavy (non-hydrogen) atoms. The molecule has 0 amide bonds. The Hall–Kier alpha value is -2.91. The number of ether oxygens (including phenoxy) is 1. The zero-order chi connectivity index (χ0) is 24.0. The van der Waals surface area contributed by atoms with Crippen LogP contribution in [0.25, 0.3) is 0 Å². The Morgan fingerprint density at radius 2 is 1.45 bits per heavy atom. The molecule has 3 aromatic rings. The van der Waals surface area contributed by atoms with Crippen molar-refractivity contribution in [3.8, 4) is 0 Å². The lowest BCUT2D eigenvalue weighted by molar-refractivity contribution is -0.153. The van der Waals surface area contributed by atoms with Gasteiger partial charge in [-0.25, -0.2) is 0 Å². The van der Waals surface area contributed by atoms with E-state index in [0.717, 1.165) is 18.7 Å². The molecule has 3 nitrogen and oxygen atoms in total. The Labute approximate surface area is 199 Å². The summed E-state index contributed by atoms with van der Waals surface area (Å²) in [6.45, 7) is 14.3. The van der Waals surface area contributed by atoms with Crippen LogP contribution >= 0.6 is 0 Å². The number of hydrogen-bond acceptors (Lipinski definition) is 3. The molecule has 174 valence electrons. The highest BCUT2D eigenvalue weighted by atomic mass is 16.5. The minimum absolute atomic E-state index is 0.0115. The molecule has 0 heterocycles. The van der Waals surface area contributed by atoms with Crippen LogP contribution in [-0.2, 0) is 22.6 Å². The lowest BCUT2D eigenvalue weighted by Crippen LogP contribution is -2.39. The molecular weight excluding hydrogens is 406 g/mol. The summed E-state index contributed by atoms with van der Waals surface area (Å²) >= 11 is 0. The third kappa shape index (κ3) is 6.33. The summed E-state index contributed by atoms with van der Waals surface area (Å²) < 4.78 is 6.03. The van der Waals surface area contributed by atoms with Gasteiger partial charge in [0.15, 0.2) is 0 Å². The van der Waals surface area contributed by atoms with Crippen LogP contribution in [0.3, 0.4) is 0 Å². The van der Waals surface area contributed by atoms with Crippen LogP contribution < -0.4 is 0 Å². The van der Waals surface area contributed by atoms with Crippen LogP contribution in [0.4, 0.5) is 0 Å². The van der Waals surface area contributed by atoms with E-state index in [4.69, 9.17) is 4.74 Å². The van der Waals surface area contributed by atoms with Gasteiger partial charge in [0.1, 0.15) is 6.10 Å².